The third kappa shape index (κ3) is 17.1. The van der Waals surface area contributed by atoms with Crippen molar-refractivity contribution >= 4 is 11.9 Å². The minimum Gasteiger partial charge on any atom is -0.466 e. The summed E-state index contributed by atoms with van der Waals surface area (Å²) in [6.07, 6.45) is 10.9. The van der Waals surface area contributed by atoms with E-state index in [0.717, 1.165) is 19.3 Å². The van der Waals surface area contributed by atoms with E-state index in [1.807, 2.05) is 0 Å². The maximum Gasteiger partial charge on any atom is 0.306 e. The lowest BCUT2D eigenvalue weighted by atomic mass is 10.1. The minimum absolute atomic E-state index is 0.119. The summed E-state index contributed by atoms with van der Waals surface area (Å²) in [7, 11) is 0. The van der Waals surface area contributed by atoms with Crippen LogP contribution in [-0.2, 0) is 19.1 Å². The molecule has 0 heterocycles. The SMILES string of the molecule is CCCCCCCCCCOC(=O)CCC(=O)OCCC(C)C. The monoisotopic (exact) mass is 328 g/mol. The molecule has 0 saturated heterocycles. The number of hydrogen-bond donors (Lipinski definition) is 0. The van der Waals surface area contributed by atoms with Crippen molar-refractivity contribution in [2.45, 2.75) is 91.4 Å². The molecule has 4 nitrogen and oxygen atoms in total. The maximum atomic E-state index is 11.5. The molecule has 0 fully saturated rings. The average Bonchev–Trinajstić information content (AvgIpc) is 2.51. The van der Waals surface area contributed by atoms with Gasteiger partial charge in [-0.05, 0) is 18.8 Å². The Labute approximate surface area is 142 Å². The van der Waals surface area contributed by atoms with Crippen molar-refractivity contribution in [1.82, 2.24) is 0 Å². The summed E-state index contributed by atoms with van der Waals surface area (Å²) in [5.41, 5.74) is 0. The molecule has 136 valence electrons. The van der Waals surface area contributed by atoms with Gasteiger partial charge < -0.3 is 9.47 Å². The first kappa shape index (κ1) is 21.9. The molecule has 0 unspecified atom stereocenters. The normalized spacial score (nSPS) is 10.8. The first-order valence-electron chi connectivity index (χ1n) is 9.37. The second-order valence-corrected chi connectivity index (χ2v) is 6.60. The summed E-state index contributed by atoms with van der Waals surface area (Å²) >= 11 is 0. The Hall–Kier alpha value is -1.06. The van der Waals surface area contributed by atoms with Crippen LogP contribution < -0.4 is 0 Å². The molecule has 0 aliphatic carbocycles. The standard InChI is InChI=1S/C19H36O4/c1-4-5-6-7-8-9-10-11-15-22-18(20)12-13-19(21)23-16-14-17(2)3/h17H,4-16H2,1-3H3. The highest BCUT2D eigenvalue weighted by Gasteiger charge is 2.09. The van der Waals surface area contributed by atoms with Gasteiger partial charge in [0.25, 0.3) is 0 Å². The molecule has 0 saturated carbocycles. The summed E-state index contributed by atoms with van der Waals surface area (Å²) in [5, 5.41) is 0. The molecule has 0 radical (unpaired) electrons. The summed E-state index contributed by atoms with van der Waals surface area (Å²) in [5.74, 6) is -0.0946. The quantitative estimate of drug-likeness (QED) is 0.312. The number of carbonyl (C=O) groups is 2. The predicted octanol–water partition coefficient (Wildman–Crippen LogP) is 5.04. The zero-order valence-electron chi connectivity index (χ0n) is 15.4. The van der Waals surface area contributed by atoms with Crippen LogP contribution in [0.1, 0.15) is 91.4 Å². The molecule has 0 aromatic heterocycles. The molecular formula is C19H36O4. The summed E-state index contributed by atoms with van der Waals surface area (Å²) in [6, 6.07) is 0. The zero-order valence-corrected chi connectivity index (χ0v) is 15.4. The third-order valence-corrected chi connectivity index (χ3v) is 3.75. The van der Waals surface area contributed by atoms with Gasteiger partial charge >= 0.3 is 11.9 Å². The lowest BCUT2D eigenvalue weighted by molar-refractivity contribution is -0.150. The highest BCUT2D eigenvalue weighted by atomic mass is 16.5. The van der Waals surface area contributed by atoms with Crippen LogP contribution in [0, 0.1) is 5.92 Å². The van der Waals surface area contributed by atoms with Crippen molar-refractivity contribution in [3.8, 4) is 0 Å². The molecule has 0 N–H and O–H groups in total. The molecule has 0 rings (SSSR count). The van der Waals surface area contributed by atoms with Gasteiger partial charge in [0, 0.05) is 0 Å². The average molecular weight is 328 g/mol. The van der Waals surface area contributed by atoms with Crippen LogP contribution in [-0.4, -0.2) is 25.2 Å². The third-order valence-electron chi connectivity index (χ3n) is 3.75. The van der Waals surface area contributed by atoms with E-state index in [0.29, 0.717) is 19.1 Å². The number of ether oxygens (including phenoxy) is 2. The Morgan fingerprint density at radius 3 is 1.74 bits per heavy atom. The highest BCUT2D eigenvalue weighted by molar-refractivity contribution is 5.77. The van der Waals surface area contributed by atoms with Crippen molar-refractivity contribution in [2.24, 2.45) is 5.92 Å². The number of carbonyl (C=O) groups excluding carboxylic acids is 2. The second-order valence-electron chi connectivity index (χ2n) is 6.60. The van der Waals surface area contributed by atoms with Crippen LogP contribution >= 0.6 is 0 Å². The molecule has 0 bridgehead atoms. The molecule has 4 heteroatoms. The highest BCUT2D eigenvalue weighted by Crippen LogP contribution is 2.08. The smallest absolute Gasteiger partial charge is 0.306 e. The van der Waals surface area contributed by atoms with E-state index in [9.17, 15) is 9.59 Å². The van der Waals surface area contributed by atoms with Crippen LogP contribution in [0.15, 0.2) is 0 Å². The summed E-state index contributed by atoms with van der Waals surface area (Å²) in [6.45, 7) is 7.28. The molecule has 0 aliphatic heterocycles. The molecule has 0 atom stereocenters. The number of esters is 2. The summed E-state index contributed by atoms with van der Waals surface area (Å²) < 4.78 is 10.2. The fourth-order valence-electron chi connectivity index (χ4n) is 2.18. The molecule has 0 aliphatic rings. The predicted molar refractivity (Wildman–Crippen MR) is 93.2 cm³/mol. The van der Waals surface area contributed by atoms with Gasteiger partial charge in [-0.1, -0.05) is 65.7 Å². The van der Waals surface area contributed by atoms with Crippen LogP contribution in [0.3, 0.4) is 0 Å². The zero-order chi connectivity index (χ0) is 17.3. The topological polar surface area (TPSA) is 52.6 Å². The van der Waals surface area contributed by atoms with Gasteiger partial charge in [0.1, 0.15) is 0 Å². The van der Waals surface area contributed by atoms with Crippen molar-refractivity contribution in [3.05, 3.63) is 0 Å². The Morgan fingerprint density at radius 1 is 0.739 bits per heavy atom. The van der Waals surface area contributed by atoms with Crippen LogP contribution in [0.5, 0.6) is 0 Å². The van der Waals surface area contributed by atoms with Gasteiger partial charge in [0.2, 0.25) is 0 Å². The van der Waals surface area contributed by atoms with E-state index < -0.39 is 0 Å². The Balaban J connectivity index is 3.35. The van der Waals surface area contributed by atoms with Gasteiger partial charge in [-0.15, -0.1) is 0 Å². The second kappa shape index (κ2) is 15.8. The van der Waals surface area contributed by atoms with Crippen molar-refractivity contribution in [2.75, 3.05) is 13.2 Å². The van der Waals surface area contributed by atoms with Gasteiger partial charge in [-0.3, -0.25) is 9.59 Å². The fraction of sp³-hybridized carbons (Fsp3) is 0.895. The van der Waals surface area contributed by atoms with E-state index in [-0.39, 0.29) is 24.8 Å². The van der Waals surface area contributed by atoms with E-state index in [1.165, 1.54) is 38.5 Å². The number of rotatable bonds is 15. The maximum absolute atomic E-state index is 11.5. The summed E-state index contributed by atoms with van der Waals surface area (Å²) in [4.78, 5) is 22.9. The molecule has 0 aromatic rings. The first-order valence-corrected chi connectivity index (χ1v) is 9.37. The van der Waals surface area contributed by atoms with Crippen molar-refractivity contribution < 1.29 is 19.1 Å². The van der Waals surface area contributed by atoms with Crippen LogP contribution in [0.4, 0.5) is 0 Å². The van der Waals surface area contributed by atoms with E-state index in [4.69, 9.17) is 9.47 Å². The Bertz CT molecular complexity index is 300. The van der Waals surface area contributed by atoms with E-state index in [1.54, 1.807) is 0 Å². The first-order chi connectivity index (χ1) is 11.1. The van der Waals surface area contributed by atoms with Crippen LogP contribution in [0.2, 0.25) is 0 Å². The van der Waals surface area contributed by atoms with Gasteiger partial charge in [0.15, 0.2) is 0 Å². The molecule has 0 amide bonds. The molecule has 0 aromatic carbocycles. The number of hydrogen-bond acceptors (Lipinski definition) is 4. The molecule has 23 heavy (non-hydrogen) atoms. The van der Waals surface area contributed by atoms with Crippen molar-refractivity contribution in [1.29, 1.82) is 0 Å². The van der Waals surface area contributed by atoms with E-state index >= 15 is 0 Å². The van der Waals surface area contributed by atoms with Gasteiger partial charge in [-0.2, -0.15) is 0 Å². The van der Waals surface area contributed by atoms with Gasteiger partial charge in [0.05, 0.1) is 26.1 Å². The Morgan fingerprint density at radius 2 is 1.22 bits per heavy atom. The largest absolute Gasteiger partial charge is 0.466 e. The lowest BCUT2D eigenvalue weighted by Crippen LogP contribution is -2.12. The molecular weight excluding hydrogens is 292 g/mol. The van der Waals surface area contributed by atoms with Crippen LogP contribution in [0.25, 0.3) is 0 Å². The minimum atomic E-state index is -0.310. The fourth-order valence-corrected chi connectivity index (χ4v) is 2.18. The number of unbranched alkanes of at least 4 members (excludes halogenated alkanes) is 7. The van der Waals surface area contributed by atoms with Crippen molar-refractivity contribution in [3.63, 3.8) is 0 Å². The van der Waals surface area contributed by atoms with Gasteiger partial charge in [-0.25, -0.2) is 0 Å². The molecule has 0 spiro atoms. The lowest BCUT2D eigenvalue weighted by Gasteiger charge is -2.07. The Kier molecular flexibility index (Phi) is 15.1. The van der Waals surface area contributed by atoms with E-state index in [2.05, 4.69) is 20.8 Å².